The predicted molar refractivity (Wildman–Crippen MR) is 50.4 cm³/mol. The molecule has 0 aliphatic carbocycles. The Morgan fingerprint density at radius 2 is 1.94 bits per heavy atom. The minimum absolute atomic E-state index is 0.0263. The Balaban J connectivity index is 3.51. The van der Waals surface area contributed by atoms with Gasteiger partial charge in [-0.15, -0.1) is 0 Å². The number of halogens is 5. The van der Waals surface area contributed by atoms with Crippen LogP contribution < -0.4 is 0 Å². The summed E-state index contributed by atoms with van der Waals surface area (Å²) < 4.78 is 54.8. The number of carbonyl (C=O) groups excluding carboxylic acids is 1. The van der Waals surface area contributed by atoms with E-state index in [9.17, 15) is 22.4 Å². The molecule has 0 radical (unpaired) electrons. The van der Waals surface area contributed by atoms with Gasteiger partial charge in [-0.1, -0.05) is 15.9 Å². The van der Waals surface area contributed by atoms with Gasteiger partial charge in [-0.3, -0.25) is 0 Å². The largest absolute Gasteiger partial charge is 0.465 e. The molecule has 0 unspecified atom stereocenters. The van der Waals surface area contributed by atoms with Crippen LogP contribution in [0, 0.1) is 5.82 Å². The molecule has 16 heavy (non-hydrogen) atoms. The standard InChI is InChI=1S/C9H5BrF4O2/c1-16-8(15)5-2-4(10)3-6(11)7(5)9(12,13)14/h2-3H,1H3. The average molecular weight is 301 g/mol. The summed E-state index contributed by atoms with van der Waals surface area (Å²) >= 11 is 2.80. The van der Waals surface area contributed by atoms with Crippen LogP contribution in [-0.4, -0.2) is 13.1 Å². The van der Waals surface area contributed by atoms with Crippen LogP contribution in [-0.2, 0) is 10.9 Å². The topological polar surface area (TPSA) is 26.3 Å². The molecule has 1 aromatic rings. The second kappa shape index (κ2) is 4.40. The van der Waals surface area contributed by atoms with Gasteiger partial charge in [0.25, 0.3) is 0 Å². The molecule has 0 saturated heterocycles. The van der Waals surface area contributed by atoms with E-state index < -0.39 is 29.1 Å². The quantitative estimate of drug-likeness (QED) is 0.587. The van der Waals surface area contributed by atoms with E-state index in [2.05, 4.69) is 20.7 Å². The number of hydrogen-bond acceptors (Lipinski definition) is 2. The average Bonchev–Trinajstić information content (AvgIpc) is 2.12. The Morgan fingerprint density at radius 1 is 1.38 bits per heavy atom. The van der Waals surface area contributed by atoms with Crippen molar-refractivity contribution in [1.82, 2.24) is 0 Å². The maximum atomic E-state index is 13.1. The van der Waals surface area contributed by atoms with Gasteiger partial charge in [-0.05, 0) is 12.1 Å². The Bertz CT molecular complexity index is 428. The highest BCUT2D eigenvalue weighted by atomic mass is 79.9. The van der Waals surface area contributed by atoms with Gasteiger partial charge in [0.2, 0.25) is 0 Å². The SMILES string of the molecule is COC(=O)c1cc(Br)cc(F)c1C(F)(F)F. The van der Waals surface area contributed by atoms with Crippen LogP contribution in [0.15, 0.2) is 16.6 Å². The van der Waals surface area contributed by atoms with Gasteiger partial charge >= 0.3 is 12.1 Å². The molecule has 1 aromatic carbocycles. The first-order valence-electron chi connectivity index (χ1n) is 3.92. The molecule has 0 spiro atoms. The van der Waals surface area contributed by atoms with E-state index in [4.69, 9.17) is 0 Å². The van der Waals surface area contributed by atoms with E-state index in [0.717, 1.165) is 13.2 Å². The summed E-state index contributed by atoms with van der Waals surface area (Å²) in [6, 6.07) is 1.49. The van der Waals surface area contributed by atoms with Crippen molar-refractivity contribution < 1.29 is 27.1 Å². The van der Waals surface area contributed by atoms with Gasteiger partial charge in [0, 0.05) is 4.47 Å². The highest BCUT2D eigenvalue weighted by molar-refractivity contribution is 9.10. The second-order valence-corrected chi connectivity index (χ2v) is 3.72. The van der Waals surface area contributed by atoms with Gasteiger partial charge in [0.1, 0.15) is 11.4 Å². The first-order valence-corrected chi connectivity index (χ1v) is 4.71. The molecule has 0 saturated carbocycles. The molecule has 0 amide bonds. The number of alkyl halides is 3. The molecule has 0 N–H and O–H groups in total. The van der Waals surface area contributed by atoms with Gasteiger partial charge < -0.3 is 4.74 Å². The first kappa shape index (κ1) is 13.0. The zero-order chi connectivity index (χ0) is 12.5. The van der Waals surface area contributed by atoms with Crippen molar-refractivity contribution in [3.05, 3.63) is 33.5 Å². The minimum Gasteiger partial charge on any atom is -0.465 e. The lowest BCUT2D eigenvalue weighted by atomic mass is 10.1. The fraction of sp³-hybridized carbons (Fsp3) is 0.222. The number of benzene rings is 1. The van der Waals surface area contributed by atoms with E-state index in [1.807, 2.05) is 0 Å². The van der Waals surface area contributed by atoms with Crippen LogP contribution in [0.4, 0.5) is 17.6 Å². The zero-order valence-electron chi connectivity index (χ0n) is 7.86. The van der Waals surface area contributed by atoms with E-state index in [1.165, 1.54) is 0 Å². The lowest BCUT2D eigenvalue weighted by Crippen LogP contribution is -2.16. The third-order valence-electron chi connectivity index (χ3n) is 1.74. The summed E-state index contributed by atoms with van der Waals surface area (Å²) in [5.41, 5.74) is -2.48. The van der Waals surface area contributed by atoms with Crippen molar-refractivity contribution >= 4 is 21.9 Å². The van der Waals surface area contributed by atoms with E-state index in [1.54, 1.807) is 0 Å². The number of rotatable bonds is 1. The van der Waals surface area contributed by atoms with Gasteiger partial charge in [-0.25, -0.2) is 9.18 Å². The molecule has 0 heterocycles. The number of methoxy groups -OCH3 is 1. The summed E-state index contributed by atoms with van der Waals surface area (Å²) in [7, 11) is 0.918. The lowest BCUT2D eigenvalue weighted by molar-refractivity contribution is -0.140. The maximum Gasteiger partial charge on any atom is 0.420 e. The van der Waals surface area contributed by atoms with Crippen molar-refractivity contribution in [2.24, 2.45) is 0 Å². The molecule has 0 bridgehead atoms. The van der Waals surface area contributed by atoms with E-state index in [-0.39, 0.29) is 4.47 Å². The van der Waals surface area contributed by atoms with Crippen LogP contribution in [0.25, 0.3) is 0 Å². The summed E-state index contributed by atoms with van der Waals surface area (Å²) in [6.07, 6.45) is -4.95. The van der Waals surface area contributed by atoms with Crippen molar-refractivity contribution in [2.45, 2.75) is 6.18 Å². The Hall–Kier alpha value is -1.11. The van der Waals surface area contributed by atoms with E-state index in [0.29, 0.717) is 6.07 Å². The van der Waals surface area contributed by atoms with Crippen molar-refractivity contribution in [3.63, 3.8) is 0 Å². The molecule has 0 aliphatic heterocycles. The second-order valence-electron chi connectivity index (χ2n) is 2.80. The Morgan fingerprint density at radius 3 is 2.38 bits per heavy atom. The highest BCUT2D eigenvalue weighted by Gasteiger charge is 2.39. The molecular weight excluding hydrogens is 296 g/mol. The Kier molecular flexibility index (Phi) is 3.57. The summed E-state index contributed by atoms with van der Waals surface area (Å²) in [5, 5.41) is 0. The monoisotopic (exact) mass is 300 g/mol. The first-order chi connectivity index (χ1) is 7.27. The lowest BCUT2D eigenvalue weighted by Gasteiger charge is -2.12. The smallest absolute Gasteiger partial charge is 0.420 e. The van der Waals surface area contributed by atoms with Crippen LogP contribution in [0.2, 0.25) is 0 Å². The molecule has 1 rings (SSSR count). The third-order valence-corrected chi connectivity index (χ3v) is 2.20. The zero-order valence-corrected chi connectivity index (χ0v) is 9.45. The minimum atomic E-state index is -4.95. The number of esters is 1. The molecular formula is C9H5BrF4O2. The third kappa shape index (κ3) is 2.52. The molecule has 0 atom stereocenters. The maximum absolute atomic E-state index is 13.1. The molecule has 0 fully saturated rings. The predicted octanol–water partition coefficient (Wildman–Crippen LogP) is 3.39. The van der Waals surface area contributed by atoms with Crippen LogP contribution in [0.5, 0.6) is 0 Å². The van der Waals surface area contributed by atoms with Crippen molar-refractivity contribution in [2.75, 3.05) is 7.11 Å². The molecule has 7 heteroatoms. The van der Waals surface area contributed by atoms with E-state index >= 15 is 0 Å². The van der Waals surface area contributed by atoms with Gasteiger partial charge in [0.05, 0.1) is 12.7 Å². The number of ether oxygens (including phenoxy) is 1. The van der Waals surface area contributed by atoms with Crippen molar-refractivity contribution in [1.29, 1.82) is 0 Å². The molecule has 88 valence electrons. The Labute approximate surface area is 96.3 Å². The van der Waals surface area contributed by atoms with Gasteiger partial charge in [-0.2, -0.15) is 13.2 Å². The fourth-order valence-corrected chi connectivity index (χ4v) is 1.56. The summed E-state index contributed by atoms with van der Waals surface area (Å²) in [4.78, 5) is 11.1. The van der Waals surface area contributed by atoms with Crippen LogP contribution in [0.1, 0.15) is 15.9 Å². The highest BCUT2D eigenvalue weighted by Crippen LogP contribution is 2.35. The fourth-order valence-electron chi connectivity index (χ4n) is 1.13. The van der Waals surface area contributed by atoms with Crippen molar-refractivity contribution in [3.8, 4) is 0 Å². The van der Waals surface area contributed by atoms with Crippen LogP contribution in [0.3, 0.4) is 0 Å². The summed E-state index contributed by atoms with van der Waals surface area (Å²) in [5.74, 6) is -2.77. The van der Waals surface area contributed by atoms with Crippen LogP contribution >= 0.6 is 15.9 Å². The number of hydrogen-bond donors (Lipinski definition) is 0. The normalized spacial score (nSPS) is 11.4. The number of carbonyl (C=O) groups is 1. The molecule has 0 aromatic heterocycles. The molecule has 2 nitrogen and oxygen atoms in total. The van der Waals surface area contributed by atoms with Gasteiger partial charge in [0.15, 0.2) is 0 Å². The molecule has 0 aliphatic rings. The summed E-state index contributed by atoms with van der Waals surface area (Å²) in [6.45, 7) is 0.